The minimum absolute atomic E-state index is 0.391. The fourth-order valence-electron chi connectivity index (χ4n) is 2.12. The van der Waals surface area contributed by atoms with E-state index in [1.165, 1.54) is 0 Å². The molecule has 2 rings (SSSR count). The first-order valence-electron chi connectivity index (χ1n) is 6.99. The Morgan fingerprint density at radius 3 is 2.80 bits per heavy atom. The Hall–Kier alpha value is -1.46. The van der Waals surface area contributed by atoms with Crippen LogP contribution in [0.4, 0.5) is 5.82 Å². The summed E-state index contributed by atoms with van der Waals surface area (Å²) in [4.78, 5) is 6.72. The van der Waals surface area contributed by atoms with Crippen molar-refractivity contribution >= 4 is 28.3 Å². The molecule has 2 aromatic rings. The summed E-state index contributed by atoms with van der Waals surface area (Å²) in [6, 6.07) is 3.75. The van der Waals surface area contributed by atoms with Crippen molar-refractivity contribution in [2.24, 2.45) is 0 Å². The second-order valence-corrected chi connectivity index (χ2v) is 4.90. The predicted octanol–water partition coefficient (Wildman–Crippen LogP) is 2.82. The maximum absolute atomic E-state index is 6.02. The number of nitrogens with zero attached hydrogens (tertiary/aromatic N) is 4. The van der Waals surface area contributed by atoms with Gasteiger partial charge in [-0.1, -0.05) is 25.4 Å². The van der Waals surface area contributed by atoms with E-state index in [4.69, 9.17) is 11.6 Å². The summed E-state index contributed by atoms with van der Waals surface area (Å²) in [5.74, 6) is 0.699. The van der Waals surface area contributed by atoms with E-state index in [9.17, 15) is 0 Å². The first-order chi connectivity index (χ1) is 9.76. The molecule has 0 radical (unpaired) electrons. The molecule has 20 heavy (non-hydrogen) atoms. The molecule has 0 aliphatic rings. The number of anilines is 1. The highest BCUT2D eigenvalue weighted by atomic mass is 35.5. The third-order valence-electron chi connectivity index (χ3n) is 3.33. The van der Waals surface area contributed by atoms with Gasteiger partial charge in [-0.25, -0.2) is 0 Å². The Bertz CT molecular complexity index is 556. The minimum atomic E-state index is 0.391. The van der Waals surface area contributed by atoms with Crippen LogP contribution in [0, 0.1) is 0 Å². The molecule has 0 atom stereocenters. The highest BCUT2D eigenvalue weighted by Gasteiger charge is 2.08. The van der Waals surface area contributed by atoms with Gasteiger partial charge < -0.3 is 10.2 Å². The number of aromatic nitrogens is 3. The van der Waals surface area contributed by atoms with Crippen molar-refractivity contribution in [1.29, 1.82) is 0 Å². The van der Waals surface area contributed by atoms with E-state index in [1.807, 2.05) is 12.1 Å². The Labute approximate surface area is 124 Å². The lowest BCUT2D eigenvalue weighted by molar-refractivity contribution is 0.303. The van der Waals surface area contributed by atoms with Crippen LogP contribution in [-0.2, 0) is 0 Å². The summed E-state index contributed by atoms with van der Waals surface area (Å²) in [5.41, 5.74) is 0.773. The monoisotopic (exact) mass is 293 g/mol. The van der Waals surface area contributed by atoms with Crippen LogP contribution in [0.25, 0.3) is 10.9 Å². The van der Waals surface area contributed by atoms with Crippen LogP contribution in [-0.4, -0.2) is 46.3 Å². The number of hydrogen-bond donors (Lipinski definition) is 1. The van der Waals surface area contributed by atoms with Gasteiger partial charge in [0.1, 0.15) is 5.52 Å². The van der Waals surface area contributed by atoms with Gasteiger partial charge in [-0.3, -0.25) is 4.98 Å². The van der Waals surface area contributed by atoms with Crippen LogP contribution in [0.15, 0.2) is 18.3 Å². The van der Waals surface area contributed by atoms with Gasteiger partial charge in [-0.15, -0.1) is 10.2 Å². The SMILES string of the molecule is CCN(CC)CCCNc1nnc(Cl)c2cccnc12. The van der Waals surface area contributed by atoms with Gasteiger partial charge in [-0.2, -0.15) is 0 Å². The zero-order valence-corrected chi connectivity index (χ0v) is 12.7. The predicted molar refractivity (Wildman–Crippen MR) is 83.2 cm³/mol. The quantitative estimate of drug-likeness (QED) is 0.796. The van der Waals surface area contributed by atoms with E-state index in [2.05, 4.69) is 39.2 Å². The number of hydrogen-bond acceptors (Lipinski definition) is 5. The van der Waals surface area contributed by atoms with Crippen molar-refractivity contribution in [2.45, 2.75) is 20.3 Å². The molecule has 0 saturated carbocycles. The van der Waals surface area contributed by atoms with Crippen LogP contribution in [0.5, 0.6) is 0 Å². The molecule has 0 aliphatic heterocycles. The molecule has 6 heteroatoms. The van der Waals surface area contributed by atoms with Gasteiger partial charge in [0.2, 0.25) is 0 Å². The average molecular weight is 294 g/mol. The van der Waals surface area contributed by atoms with Crippen LogP contribution < -0.4 is 5.32 Å². The highest BCUT2D eigenvalue weighted by molar-refractivity contribution is 6.34. The number of nitrogens with one attached hydrogen (secondary N) is 1. The molecule has 0 aromatic carbocycles. The standard InChI is InChI=1S/C14H20ClN5/c1-3-20(4-2)10-6-9-17-14-12-11(7-5-8-16-12)13(15)18-19-14/h5,7-8H,3-4,6,9-10H2,1-2H3,(H,17,19). The lowest BCUT2D eigenvalue weighted by Crippen LogP contribution is -2.25. The molecule has 0 fully saturated rings. The van der Waals surface area contributed by atoms with Gasteiger partial charge in [0.25, 0.3) is 0 Å². The van der Waals surface area contributed by atoms with Crippen LogP contribution in [0.1, 0.15) is 20.3 Å². The first-order valence-corrected chi connectivity index (χ1v) is 7.37. The van der Waals surface area contributed by atoms with E-state index >= 15 is 0 Å². The van der Waals surface area contributed by atoms with E-state index in [1.54, 1.807) is 6.20 Å². The molecular weight excluding hydrogens is 274 g/mol. The van der Waals surface area contributed by atoms with Gasteiger partial charge in [-0.05, 0) is 38.2 Å². The summed E-state index contributed by atoms with van der Waals surface area (Å²) in [7, 11) is 0. The number of pyridine rings is 1. The largest absolute Gasteiger partial charge is 0.367 e. The minimum Gasteiger partial charge on any atom is -0.367 e. The molecule has 2 heterocycles. The molecule has 0 spiro atoms. The smallest absolute Gasteiger partial charge is 0.175 e. The summed E-state index contributed by atoms with van der Waals surface area (Å²) < 4.78 is 0. The second kappa shape index (κ2) is 7.36. The fourth-order valence-corrected chi connectivity index (χ4v) is 2.31. The van der Waals surface area contributed by atoms with Crippen molar-refractivity contribution < 1.29 is 0 Å². The molecule has 0 saturated heterocycles. The maximum atomic E-state index is 6.02. The van der Waals surface area contributed by atoms with E-state index < -0.39 is 0 Å². The zero-order valence-electron chi connectivity index (χ0n) is 11.9. The normalized spacial score (nSPS) is 11.2. The highest BCUT2D eigenvalue weighted by Crippen LogP contribution is 2.23. The topological polar surface area (TPSA) is 53.9 Å². The van der Waals surface area contributed by atoms with Crippen molar-refractivity contribution in [1.82, 2.24) is 20.1 Å². The van der Waals surface area contributed by atoms with Gasteiger partial charge in [0, 0.05) is 18.1 Å². The van der Waals surface area contributed by atoms with Gasteiger partial charge in [0.15, 0.2) is 11.0 Å². The van der Waals surface area contributed by atoms with Crippen LogP contribution in [0.3, 0.4) is 0 Å². The van der Waals surface area contributed by atoms with Crippen molar-refractivity contribution in [3.8, 4) is 0 Å². The Kier molecular flexibility index (Phi) is 5.49. The van der Waals surface area contributed by atoms with Crippen LogP contribution in [0.2, 0.25) is 5.15 Å². The van der Waals surface area contributed by atoms with Crippen molar-refractivity contribution in [3.05, 3.63) is 23.5 Å². The summed E-state index contributed by atoms with van der Waals surface area (Å²) >= 11 is 6.02. The average Bonchev–Trinajstić information content (AvgIpc) is 2.50. The van der Waals surface area contributed by atoms with E-state index in [0.717, 1.165) is 43.5 Å². The zero-order chi connectivity index (χ0) is 14.4. The number of rotatable bonds is 7. The second-order valence-electron chi connectivity index (χ2n) is 4.55. The Morgan fingerprint density at radius 2 is 2.05 bits per heavy atom. The fraction of sp³-hybridized carbons (Fsp3) is 0.500. The Morgan fingerprint density at radius 1 is 1.25 bits per heavy atom. The van der Waals surface area contributed by atoms with Crippen LogP contribution >= 0.6 is 11.6 Å². The lowest BCUT2D eigenvalue weighted by Gasteiger charge is -2.17. The van der Waals surface area contributed by atoms with Crippen molar-refractivity contribution in [2.75, 3.05) is 31.5 Å². The Balaban J connectivity index is 1.98. The molecule has 5 nitrogen and oxygen atoms in total. The number of fused-ring (bicyclic) bond motifs is 1. The molecule has 0 bridgehead atoms. The summed E-state index contributed by atoms with van der Waals surface area (Å²) in [5, 5.41) is 12.6. The molecule has 108 valence electrons. The number of halogens is 1. The third-order valence-corrected chi connectivity index (χ3v) is 3.61. The third kappa shape index (κ3) is 3.55. The molecule has 0 aliphatic carbocycles. The first kappa shape index (κ1) is 14.9. The van der Waals surface area contributed by atoms with E-state index in [-0.39, 0.29) is 0 Å². The maximum Gasteiger partial charge on any atom is 0.175 e. The molecular formula is C14H20ClN5. The van der Waals surface area contributed by atoms with Crippen molar-refractivity contribution in [3.63, 3.8) is 0 Å². The van der Waals surface area contributed by atoms with E-state index in [0.29, 0.717) is 11.0 Å². The van der Waals surface area contributed by atoms with Gasteiger partial charge >= 0.3 is 0 Å². The summed E-state index contributed by atoms with van der Waals surface area (Å²) in [6.45, 7) is 8.45. The molecule has 2 aromatic heterocycles. The summed E-state index contributed by atoms with van der Waals surface area (Å²) in [6.07, 6.45) is 2.79. The lowest BCUT2D eigenvalue weighted by atomic mass is 10.3. The van der Waals surface area contributed by atoms with Gasteiger partial charge in [0.05, 0.1) is 0 Å². The molecule has 1 N–H and O–H groups in total. The molecule has 0 amide bonds. The molecule has 0 unspecified atom stereocenters.